The number of nitrogens with zero attached hydrogens (tertiary/aromatic N) is 1. The Morgan fingerprint density at radius 3 is 2.44 bits per heavy atom. The summed E-state index contributed by atoms with van der Waals surface area (Å²) < 4.78 is 0.884. The number of carboxylic acid groups (broad SMARTS) is 1. The molecule has 1 aliphatic rings. The van der Waals surface area contributed by atoms with Crippen LogP contribution in [0.25, 0.3) is 10.9 Å². The Labute approximate surface area is 196 Å². The molecular weight excluding hydrogens is 440 g/mol. The summed E-state index contributed by atoms with van der Waals surface area (Å²) in [5, 5.41) is 15.1. The van der Waals surface area contributed by atoms with Gasteiger partial charge in [0.15, 0.2) is 0 Å². The average molecular weight is 473 g/mol. The van der Waals surface area contributed by atoms with E-state index in [0.717, 1.165) is 17.4 Å². The van der Waals surface area contributed by atoms with Crippen LogP contribution < -0.4 is 21.9 Å². The van der Waals surface area contributed by atoms with Gasteiger partial charge >= 0.3 is 11.7 Å². The second-order valence-electron chi connectivity index (χ2n) is 9.42. The molecule has 1 atom stereocenters. The first-order chi connectivity index (χ1) is 16.2. The van der Waals surface area contributed by atoms with E-state index in [1.54, 1.807) is 24.3 Å². The molecule has 0 saturated heterocycles. The van der Waals surface area contributed by atoms with Crippen LogP contribution >= 0.6 is 0 Å². The quantitative estimate of drug-likeness (QED) is 0.431. The summed E-state index contributed by atoms with van der Waals surface area (Å²) in [4.78, 5) is 63.7. The number of nitrogens with one attached hydrogen (secondary N) is 3. The minimum atomic E-state index is -1.03. The van der Waals surface area contributed by atoms with Crippen molar-refractivity contribution in [3.63, 3.8) is 0 Å². The van der Waals surface area contributed by atoms with E-state index in [9.17, 15) is 29.1 Å². The fourth-order valence-electron chi connectivity index (χ4n) is 4.41. The molecule has 4 N–H and O–H groups in total. The largest absolute Gasteiger partial charge is 0.480 e. The first-order valence-electron chi connectivity index (χ1n) is 11.7. The maximum atomic E-state index is 12.6. The van der Waals surface area contributed by atoms with E-state index in [2.05, 4.69) is 15.6 Å². The molecule has 10 heteroatoms. The number of carbonyl (C=O) groups excluding carboxylic acids is 2. The number of aliphatic carboxylic acids is 1. The number of carboxylic acids is 1. The number of aromatic amines is 1. The number of carbonyl (C=O) groups is 3. The lowest BCUT2D eigenvalue weighted by atomic mass is 9.81. The van der Waals surface area contributed by atoms with Gasteiger partial charge < -0.3 is 20.7 Å². The Morgan fingerprint density at radius 2 is 1.79 bits per heavy atom. The van der Waals surface area contributed by atoms with Crippen molar-refractivity contribution in [2.24, 2.45) is 17.8 Å². The standard InChI is InChI=1S/C24H32N4O6/c1-14(2)11-19(23(32)33)26-21(30)16-9-7-15(8-10-16)12-25-20(29)13-28-22(31)17-5-3-4-6-18(17)27-24(28)34/h3-6,14-16,19H,7-13H2,1-2H3,(H,25,29)(H,26,30)(H,27,34)(H,32,33). The zero-order chi connectivity index (χ0) is 24.8. The first-order valence-corrected chi connectivity index (χ1v) is 11.7. The van der Waals surface area contributed by atoms with Crippen molar-refractivity contribution in [1.29, 1.82) is 0 Å². The Bertz CT molecular complexity index is 1160. The van der Waals surface area contributed by atoms with E-state index < -0.39 is 29.2 Å². The molecular formula is C24H32N4O6. The molecule has 0 radical (unpaired) electrons. The van der Waals surface area contributed by atoms with Gasteiger partial charge in [-0.3, -0.25) is 19.0 Å². The van der Waals surface area contributed by atoms with Crippen LogP contribution in [0.2, 0.25) is 0 Å². The van der Waals surface area contributed by atoms with Gasteiger partial charge in [-0.05, 0) is 56.1 Å². The molecule has 1 saturated carbocycles. The lowest BCUT2D eigenvalue weighted by Gasteiger charge is -2.29. The Balaban J connectivity index is 1.48. The number of hydrogen-bond acceptors (Lipinski definition) is 5. The van der Waals surface area contributed by atoms with Gasteiger partial charge in [-0.25, -0.2) is 9.59 Å². The van der Waals surface area contributed by atoms with Crippen LogP contribution in [0.15, 0.2) is 33.9 Å². The highest BCUT2D eigenvalue weighted by Crippen LogP contribution is 2.28. The summed E-state index contributed by atoms with van der Waals surface area (Å²) in [5.74, 6) is -1.60. The maximum absolute atomic E-state index is 12.6. The molecule has 1 heterocycles. The number of fused-ring (bicyclic) bond motifs is 1. The average Bonchev–Trinajstić information content (AvgIpc) is 2.80. The van der Waals surface area contributed by atoms with Crippen molar-refractivity contribution in [2.75, 3.05) is 6.54 Å². The number of rotatable bonds is 9. The minimum absolute atomic E-state index is 0.154. The third kappa shape index (κ3) is 6.33. The van der Waals surface area contributed by atoms with Crippen molar-refractivity contribution in [3.8, 4) is 0 Å². The number of amides is 2. The zero-order valence-electron chi connectivity index (χ0n) is 19.5. The van der Waals surface area contributed by atoms with Gasteiger partial charge in [0, 0.05) is 12.5 Å². The summed E-state index contributed by atoms with van der Waals surface area (Å²) in [6.07, 6.45) is 3.05. The molecule has 10 nitrogen and oxygen atoms in total. The van der Waals surface area contributed by atoms with Crippen LogP contribution in [0, 0.1) is 17.8 Å². The molecule has 2 aromatic rings. The molecule has 1 fully saturated rings. The van der Waals surface area contributed by atoms with Crippen molar-refractivity contribution < 1.29 is 19.5 Å². The van der Waals surface area contributed by atoms with E-state index in [4.69, 9.17) is 0 Å². The molecule has 0 spiro atoms. The smallest absolute Gasteiger partial charge is 0.329 e. The third-order valence-corrected chi connectivity index (χ3v) is 6.32. The number of benzene rings is 1. The normalized spacial score (nSPS) is 19.0. The topological polar surface area (TPSA) is 150 Å². The Morgan fingerprint density at radius 1 is 1.12 bits per heavy atom. The molecule has 3 rings (SSSR count). The Hall–Kier alpha value is -3.43. The summed E-state index contributed by atoms with van der Waals surface area (Å²) >= 11 is 0. The van der Waals surface area contributed by atoms with E-state index in [1.165, 1.54) is 0 Å². The Kier molecular flexibility index (Phi) is 8.25. The van der Waals surface area contributed by atoms with Crippen molar-refractivity contribution in [3.05, 3.63) is 45.1 Å². The third-order valence-electron chi connectivity index (χ3n) is 6.32. The van der Waals surface area contributed by atoms with E-state index >= 15 is 0 Å². The van der Waals surface area contributed by atoms with Gasteiger partial charge in [0.05, 0.1) is 10.9 Å². The van der Waals surface area contributed by atoms with Crippen molar-refractivity contribution in [2.45, 2.75) is 58.5 Å². The summed E-state index contributed by atoms with van der Waals surface area (Å²) in [5.41, 5.74) is -0.727. The van der Waals surface area contributed by atoms with Gasteiger partial charge in [0.1, 0.15) is 12.6 Å². The minimum Gasteiger partial charge on any atom is -0.480 e. The highest BCUT2D eigenvalue weighted by atomic mass is 16.4. The highest BCUT2D eigenvalue weighted by molar-refractivity contribution is 5.85. The fraction of sp³-hybridized carbons (Fsp3) is 0.542. The van der Waals surface area contributed by atoms with Gasteiger partial charge in [0.25, 0.3) is 5.56 Å². The van der Waals surface area contributed by atoms with Crippen LogP contribution in [-0.4, -0.2) is 45.0 Å². The van der Waals surface area contributed by atoms with Crippen LogP contribution in [0.1, 0.15) is 46.0 Å². The molecule has 0 bridgehead atoms. The summed E-state index contributed by atoms with van der Waals surface area (Å²) in [7, 11) is 0. The van der Waals surface area contributed by atoms with Crippen molar-refractivity contribution >= 4 is 28.7 Å². The molecule has 1 unspecified atom stereocenters. The number of aromatic nitrogens is 2. The monoisotopic (exact) mass is 472 g/mol. The lowest BCUT2D eigenvalue weighted by Crippen LogP contribution is -2.45. The van der Waals surface area contributed by atoms with Gasteiger partial charge in [-0.15, -0.1) is 0 Å². The second kappa shape index (κ2) is 11.1. The molecule has 0 aliphatic heterocycles. The predicted octanol–water partition coefficient (Wildman–Crippen LogP) is 1.23. The van der Waals surface area contributed by atoms with Gasteiger partial charge in [-0.2, -0.15) is 0 Å². The van der Waals surface area contributed by atoms with E-state index in [-0.39, 0.29) is 30.2 Å². The second-order valence-corrected chi connectivity index (χ2v) is 9.42. The maximum Gasteiger partial charge on any atom is 0.329 e. The van der Waals surface area contributed by atoms with E-state index in [0.29, 0.717) is 36.7 Å². The molecule has 1 aliphatic carbocycles. The van der Waals surface area contributed by atoms with Crippen LogP contribution in [0.5, 0.6) is 0 Å². The molecule has 34 heavy (non-hydrogen) atoms. The van der Waals surface area contributed by atoms with Crippen LogP contribution in [0.3, 0.4) is 0 Å². The first kappa shape index (κ1) is 25.2. The van der Waals surface area contributed by atoms with Gasteiger partial charge in [-0.1, -0.05) is 26.0 Å². The summed E-state index contributed by atoms with van der Waals surface area (Å²) in [6.45, 7) is 3.84. The lowest BCUT2D eigenvalue weighted by molar-refractivity contribution is -0.143. The molecule has 184 valence electrons. The SMILES string of the molecule is CC(C)CC(NC(=O)C1CCC(CNC(=O)Cn2c(=O)[nH]c3ccccc3c2=O)CC1)C(=O)O. The molecule has 2 amide bonds. The predicted molar refractivity (Wildman–Crippen MR) is 126 cm³/mol. The number of para-hydroxylation sites is 1. The molecule has 1 aromatic heterocycles. The number of hydrogen-bond donors (Lipinski definition) is 4. The van der Waals surface area contributed by atoms with E-state index in [1.807, 2.05) is 13.8 Å². The molecule has 1 aromatic carbocycles. The zero-order valence-corrected chi connectivity index (χ0v) is 19.5. The van der Waals surface area contributed by atoms with Crippen LogP contribution in [0.4, 0.5) is 0 Å². The van der Waals surface area contributed by atoms with Crippen molar-refractivity contribution in [1.82, 2.24) is 20.2 Å². The van der Waals surface area contributed by atoms with Crippen LogP contribution in [-0.2, 0) is 20.9 Å². The highest BCUT2D eigenvalue weighted by Gasteiger charge is 2.29. The number of H-pyrrole nitrogens is 1. The summed E-state index contributed by atoms with van der Waals surface area (Å²) in [6, 6.07) is 5.74. The van der Waals surface area contributed by atoms with Gasteiger partial charge in [0.2, 0.25) is 11.8 Å². The fourth-order valence-corrected chi connectivity index (χ4v) is 4.41.